The van der Waals surface area contributed by atoms with Crippen LogP contribution in [0.4, 0.5) is 0 Å². The molecule has 1 aliphatic rings. The fourth-order valence-electron chi connectivity index (χ4n) is 4.89. The summed E-state index contributed by atoms with van der Waals surface area (Å²) in [6.07, 6.45) is 5.04. The Balaban J connectivity index is 1.06. The highest BCUT2D eigenvalue weighted by molar-refractivity contribution is 5.90. The zero-order valence-electron chi connectivity index (χ0n) is 21.0. The molecule has 0 saturated carbocycles. The predicted octanol–water partition coefficient (Wildman–Crippen LogP) is 4.79. The van der Waals surface area contributed by atoms with E-state index in [1.165, 1.54) is 29.2 Å². The molecule has 1 saturated heterocycles. The molecule has 3 aromatic rings. The molecule has 186 valence electrons. The van der Waals surface area contributed by atoms with Crippen molar-refractivity contribution in [3.8, 4) is 5.75 Å². The topological polar surface area (TPSA) is 53.6 Å². The van der Waals surface area contributed by atoms with Crippen molar-refractivity contribution in [1.29, 1.82) is 0 Å². The summed E-state index contributed by atoms with van der Waals surface area (Å²) in [4.78, 5) is 15.0. The number of ether oxygens (including phenoxy) is 1. The molecule has 0 atom stereocenters. The minimum atomic E-state index is 0.259. The Morgan fingerprint density at radius 3 is 2.40 bits per heavy atom. The SMILES string of the molecule is COc1ccc(CNCCCCNCC2CCN(C(=O)Cc3cccc4ccccc34)CC2)cc1. The van der Waals surface area contributed by atoms with Crippen LogP contribution in [-0.4, -0.2) is 50.6 Å². The van der Waals surface area contributed by atoms with Gasteiger partial charge in [0.05, 0.1) is 13.5 Å². The molecule has 0 aliphatic carbocycles. The van der Waals surface area contributed by atoms with Gasteiger partial charge in [-0.15, -0.1) is 0 Å². The van der Waals surface area contributed by atoms with Gasteiger partial charge in [-0.2, -0.15) is 0 Å². The van der Waals surface area contributed by atoms with E-state index in [1.807, 2.05) is 24.3 Å². The minimum Gasteiger partial charge on any atom is -0.497 e. The van der Waals surface area contributed by atoms with Crippen molar-refractivity contribution < 1.29 is 9.53 Å². The summed E-state index contributed by atoms with van der Waals surface area (Å²) in [6, 6.07) is 22.8. The maximum absolute atomic E-state index is 12.9. The van der Waals surface area contributed by atoms with Gasteiger partial charge in [0, 0.05) is 19.6 Å². The third-order valence-electron chi connectivity index (χ3n) is 7.07. The Kier molecular flexibility index (Phi) is 9.56. The largest absolute Gasteiger partial charge is 0.497 e. The van der Waals surface area contributed by atoms with Crippen LogP contribution in [-0.2, 0) is 17.8 Å². The number of nitrogens with zero attached hydrogens (tertiary/aromatic N) is 1. The Bertz CT molecular complexity index is 1050. The lowest BCUT2D eigenvalue weighted by molar-refractivity contribution is -0.131. The van der Waals surface area contributed by atoms with Crippen LogP contribution in [0.2, 0.25) is 0 Å². The van der Waals surface area contributed by atoms with Gasteiger partial charge in [-0.3, -0.25) is 4.79 Å². The van der Waals surface area contributed by atoms with Gasteiger partial charge >= 0.3 is 0 Å². The van der Waals surface area contributed by atoms with E-state index in [0.717, 1.165) is 63.4 Å². The lowest BCUT2D eigenvalue weighted by Gasteiger charge is -2.32. The molecule has 2 N–H and O–H groups in total. The zero-order valence-corrected chi connectivity index (χ0v) is 21.0. The highest BCUT2D eigenvalue weighted by Crippen LogP contribution is 2.21. The maximum Gasteiger partial charge on any atom is 0.227 e. The quantitative estimate of drug-likeness (QED) is 0.372. The van der Waals surface area contributed by atoms with Gasteiger partial charge in [0.15, 0.2) is 0 Å². The van der Waals surface area contributed by atoms with Crippen molar-refractivity contribution in [1.82, 2.24) is 15.5 Å². The van der Waals surface area contributed by atoms with Crippen LogP contribution in [0.25, 0.3) is 10.8 Å². The number of carbonyl (C=O) groups is 1. The zero-order chi connectivity index (χ0) is 24.3. The molecule has 35 heavy (non-hydrogen) atoms. The number of hydrogen-bond acceptors (Lipinski definition) is 4. The van der Waals surface area contributed by atoms with E-state index in [2.05, 4.69) is 58.0 Å². The molecule has 5 heteroatoms. The average Bonchev–Trinajstić information content (AvgIpc) is 2.91. The molecule has 1 aliphatic heterocycles. The van der Waals surface area contributed by atoms with Gasteiger partial charge < -0.3 is 20.3 Å². The van der Waals surface area contributed by atoms with Crippen molar-refractivity contribution in [2.24, 2.45) is 5.92 Å². The number of hydrogen-bond donors (Lipinski definition) is 2. The van der Waals surface area contributed by atoms with Crippen LogP contribution in [0.5, 0.6) is 5.75 Å². The number of piperidine rings is 1. The van der Waals surface area contributed by atoms with Crippen LogP contribution >= 0.6 is 0 Å². The Morgan fingerprint density at radius 1 is 0.914 bits per heavy atom. The van der Waals surface area contributed by atoms with E-state index in [9.17, 15) is 4.79 Å². The molecule has 0 unspecified atom stereocenters. The number of nitrogens with one attached hydrogen (secondary N) is 2. The molecule has 1 fully saturated rings. The van der Waals surface area contributed by atoms with Crippen molar-refractivity contribution in [2.45, 2.75) is 38.6 Å². The van der Waals surface area contributed by atoms with Crippen LogP contribution in [0.3, 0.4) is 0 Å². The summed E-state index contributed by atoms with van der Waals surface area (Å²) in [7, 11) is 1.69. The Morgan fingerprint density at radius 2 is 1.63 bits per heavy atom. The molecule has 1 heterocycles. The van der Waals surface area contributed by atoms with Crippen molar-refractivity contribution in [3.63, 3.8) is 0 Å². The fourth-order valence-corrected chi connectivity index (χ4v) is 4.89. The van der Waals surface area contributed by atoms with E-state index < -0.39 is 0 Å². The first kappa shape index (κ1) is 25.2. The predicted molar refractivity (Wildman–Crippen MR) is 144 cm³/mol. The van der Waals surface area contributed by atoms with Gasteiger partial charge in [0.1, 0.15) is 5.75 Å². The first-order chi connectivity index (χ1) is 17.2. The van der Waals surface area contributed by atoms with E-state index >= 15 is 0 Å². The molecule has 0 bridgehead atoms. The number of benzene rings is 3. The molecule has 3 aromatic carbocycles. The maximum atomic E-state index is 12.9. The average molecular weight is 474 g/mol. The summed E-state index contributed by atoms with van der Waals surface area (Å²) in [5, 5.41) is 9.55. The molecule has 4 rings (SSSR count). The van der Waals surface area contributed by atoms with Crippen LogP contribution in [0.1, 0.15) is 36.8 Å². The lowest BCUT2D eigenvalue weighted by Crippen LogP contribution is -2.41. The van der Waals surface area contributed by atoms with E-state index in [1.54, 1.807) is 7.11 Å². The van der Waals surface area contributed by atoms with Crippen LogP contribution in [0, 0.1) is 5.92 Å². The molecule has 5 nitrogen and oxygen atoms in total. The summed E-state index contributed by atoms with van der Waals surface area (Å²) in [6.45, 7) is 5.81. The third-order valence-corrected chi connectivity index (χ3v) is 7.07. The summed E-state index contributed by atoms with van der Waals surface area (Å²) in [5.41, 5.74) is 2.42. The number of carbonyl (C=O) groups excluding carboxylic acids is 1. The molecule has 0 radical (unpaired) electrons. The van der Waals surface area contributed by atoms with Gasteiger partial charge in [-0.1, -0.05) is 54.6 Å². The second-order valence-electron chi connectivity index (χ2n) is 9.58. The second kappa shape index (κ2) is 13.3. The Labute approximate surface area is 209 Å². The lowest BCUT2D eigenvalue weighted by atomic mass is 9.95. The number of rotatable bonds is 12. The van der Waals surface area contributed by atoms with E-state index in [-0.39, 0.29) is 5.91 Å². The molecule has 0 aromatic heterocycles. The van der Waals surface area contributed by atoms with Crippen molar-refractivity contribution in [2.75, 3.05) is 39.8 Å². The van der Waals surface area contributed by atoms with Gasteiger partial charge in [0.2, 0.25) is 5.91 Å². The highest BCUT2D eigenvalue weighted by atomic mass is 16.5. The summed E-state index contributed by atoms with van der Waals surface area (Å²) >= 11 is 0. The fraction of sp³-hybridized carbons (Fsp3) is 0.433. The monoisotopic (exact) mass is 473 g/mol. The third kappa shape index (κ3) is 7.55. The molecular formula is C30H39N3O2. The first-order valence-electron chi connectivity index (χ1n) is 13.0. The number of likely N-dealkylation sites (tertiary alicyclic amines) is 1. The van der Waals surface area contributed by atoms with Crippen molar-refractivity contribution in [3.05, 3.63) is 77.9 Å². The van der Waals surface area contributed by atoms with E-state index in [4.69, 9.17) is 4.74 Å². The molecule has 1 amide bonds. The molecule has 0 spiro atoms. The van der Waals surface area contributed by atoms with Crippen molar-refractivity contribution >= 4 is 16.7 Å². The van der Waals surface area contributed by atoms with E-state index in [0.29, 0.717) is 12.3 Å². The molecular weight excluding hydrogens is 434 g/mol. The summed E-state index contributed by atoms with van der Waals surface area (Å²) in [5.74, 6) is 1.83. The normalized spacial score (nSPS) is 14.4. The number of methoxy groups -OCH3 is 1. The van der Waals surface area contributed by atoms with Crippen LogP contribution < -0.4 is 15.4 Å². The van der Waals surface area contributed by atoms with Gasteiger partial charge in [0.25, 0.3) is 0 Å². The van der Waals surface area contributed by atoms with Gasteiger partial charge in [-0.25, -0.2) is 0 Å². The van der Waals surface area contributed by atoms with Crippen LogP contribution in [0.15, 0.2) is 66.7 Å². The minimum absolute atomic E-state index is 0.259. The summed E-state index contributed by atoms with van der Waals surface area (Å²) < 4.78 is 5.20. The standard InChI is InChI=1S/C30H39N3O2/c1-35-28-13-11-24(12-14-28)22-31-17-4-5-18-32-23-25-15-19-33(20-16-25)30(34)21-27-9-6-8-26-7-2-3-10-29(26)27/h2-3,6-14,25,31-32H,4-5,15-23H2,1H3. The first-order valence-corrected chi connectivity index (χ1v) is 13.0. The number of fused-ring (bicyclic) bond motifs is 1. The number of amides is 1. The smallest absolute Gasteiger partial charge is 0.227 e. The number of unbranched alkanes of at least 4 members (excludes halogenated alkanes) is 1. The van der Waals surface area contributed by atoms with Gasteiger partial charge in [-0.05, 0) is 85.3 Å². The Hall–Kier alpha value is -2.89. The second-order valence-corrected chi connectivity index (χ2v) is 9.58. The highest BCUT2D eigenvalue weighted by Gasteiger charge is 2.22.